The van der Waals surface area contributed by atoms with Crippen molar-refractivity contribution in [2.75, 3.05) is 39.6 Å². The third-order valence-corrected chi connectivity index (χ3v) is 18.3. The van der Waals surface area contributed by atoms with Crippen LogP contribution in [0.2, 0.25) is 0 Å². The summed E-state index contributed by atoms with van der Waals surface area (Å²) in [6.07, 6.45) is 81.9. The normalized spacial score (nSPS) is 14.5. The lowest BCUT2D eigenvalue weighted by molar-refractivity contribution is -0.161. The van der Waals surface area contributed by atoms with Crippen molar-refractivity contribution in [3.8, 4) is 0 Å². The van der Waals surface area contributed by atoms with E-state index < -0.39 is 97.5 Å². The van der Waals surface area contributed by atoms with E-state index in [2.05, 4.69) is 131 Å². The van der Waals surface area contributed by atoms with Gasteiger partial charge in [0.15, 0.2) is 12.2 Å². The van der Waals surface area contributed by atoms with Crippen molar-refractivity contribution >= 4 is 39.5 Å². The lowest BCUT2D eigenvalue weighted by atomic mass is 10.0. The number of unbranched alkanes of at least 4 members (excludes halogenated alkanes) is 28. The lowest BCUT2D eigenvalue weighted by Crippen LogP contribution is -2.30. The van der Waals surface area contributed by atoms with Crippen molar-refractivity contribution in [1.29, 1.82) is 0 Å². The summed E-state index contributed by atoms with van der Waals surface area (Å²) >= 11 is 0. The molecule has 3 N–H and O–H groups in total. The highest BCUT2D eigenvalue weighted by Crippen LogP contribution is 2.45. The summed E-state index contributed by atoms with van der Waals surface area (Å²) in [6.45, 7) is 4.61. The van der Waals surface area contributed by atoms with Gasteiger partial charge in [0.1, 0.15) is 19.3 Å². The predicted octanol–water partition coefficient (Wildman–Crippen LogP) is 23.1. The average Bonchev–Trinajstić information content (AvgIpc) is 0.908. The van der Waals surface area contributed by atoms with Gasteiger partial charge >= 0.3 is 39.5 Å². The smallest absolute Gasteiger partial charge is 0.462 e. The van der Waals surface area contributed by atoms with Gasteiger partial charge in [0.25, 0.3) is 0 Å². The van der Waals surface area contributed by atoms with Crippen molar-refractivity contribution in [3.05, 3.63) is 122 Å². The molecule has 0 aromatic rings. The SMILES string of the molecule is CC/C=C\C/C=C\C/C=C\C/C=C\C/C=C\C/C=C\CCC(=O)O[C@H](COC(=O)CCCCCCC/C=C\C/C=C\CCCCC)COP(=O)(O)OC[C@@H](O)COP(=O)(O)OC[C@@H](COC(=O)CCCCCCC/C=C\C/C=C\CCCCC)OC(=O)CCCCCCCCCCCCCCC. The molecule has 0 aromatic carbocycles. The number of carbonyl (C=O) groups excluding carboxylic acids is 4. The predicted molar refractivity (Wildman–Crippen MR) is 418 cm³/mol. The minimum atomic E-state index is -5.00. The molecule has 0 fully saturated rings. The first-order valence-corrected chi connectivity index (χ1v) is 42.8. The first kappa shape index (κ1) is 97.5. The van der Waals surface area contributed by atoms with Crippen LogP contribution in [0.5, 0.6) is 0 Å². The Labute approximate surface area is 619 Å². The molecular weight excluding hydrogens is 1330 g/mol. The van der Waals surface area contributed by atoms with Crippen molar-refractivity contribution < 1.29 is 80.2 Å². The van der Waals surface area contributed by atoms with E-state index in [1.807, 2.05) is 18.2 Å². The fourth-order valence-corrected chi connectivity index (χ4v) is 11.9. The van der Waals surface area contributed by atoms with E-state index in [1.165, 1.54) is 89.9 Å². The first-order valence-electron chi connectivity index (χ1n) is 39.8. The Morgan fingerprint density at radius 2 is 0.529 bits per heavy atom. The average molecular weight is 1470 g/mol. The standard InChI is InChI=1S/C83H142O17P2/c1-5-9-13-17-21-25-29-33-36-37-38-39-42-46-50-54-58-62-66-70-83(88)100-79(74-94-81(86)68-64-60-56-52-48-45-41-35-31-27-23-19-15-11-7-3)76-98-102(91,92)96-72-77(84)71-95-101(89,90)97-75-78(99-82(87)69-65-61-57-53-49-43-32-28-24-20-16-12-8-4)73-93-80(85)67-63-59-55-51-47-44-40-34-30-26-22-18-14-10-6-2/h9,13,21-23,25-27,33-36,38-41,46,50,58,62,77-79,84H,5-8,10-12,14-20,24,28-32,37,42-45,47-49,51-57,59-61,63-76H2,1-4H3,(H,89,90)(H,91,92)/b13-9-,25-21-,26-22-,27-23-,36-33-,39-38-,40-34-,41-35-,50-46-,62-58-/t77-,78+,79+/m0/s1. The van der Waals surface area contributed by atoms with Gasteiger partial charge < -0.3 is 33.8 Å². The minimum absolute atomic E-state index is 0.0352. The van der Waals surface area contributed by atoms with Gasteiger partial charge in [0.2, 0.25) is 0 Å². The van der Waals surface area contributed by atoms with Gasteiger partial charge in [0, 0.05) is 25.7 Å². The molecule has 0 bridgehead atoms. The summed E-state index contributed by atoms with van der Waals surface area (Å²) in [7, 11) is -9.99. The Balaban J connectivity index is 5.44. The van der Waals surface area contributed by atoms with Crippen LogP contribution in [-0.2, 0) is 65.4 Å². The number of phosphoric acid groups is 2. The number of ether oxygens (including phenoxy) is 4. The molecule has 19 heteroatoms. The van der Waals surface area contributed by atoms with Gasteiger partial charge in [-0.1, -0.05) is 290 Å². The first-order chi connectivity index (χ1) is 49.7. The van der Waals surface area contributed by atoms with Crippen LogP contribution in [0.15, 0.2) is 122 Å². The Morgan fingerprint density at radius 3 is 0.863 bits per heavy atom. The zero-order valence-corrected chi connectivity index (χ0v) is 65.8. The number of esters is 4. The van der Waals surface area contributed by atoms with Crippen molar-refractivity contribution in [2.24, 2.45) is 0 Å². The number of aliphatic hydroxyl groups excluding tert-OH is 1. The zero-order chi connectivity index (χ0) is 74.6. The highest BCUT2D eigenvalue weighted by Gasteiger charge is 2.30. The molecule has 0 aliphatic rings. The van der Waals surface area contributed by atoms with Crippen LogP contribution < -0.4 is 0 Å². The van der Waals surface area contributed by atoms with E-state index in [1.54, 1.807) is 0 Å². The van der Waals surface area contributed by atoms with Crippen LogP contribution in [0.25, 0.3) is 0 Å². The quantitative estimate of drug-likeness (QED) is 0.0169. The van der Waals surface area contributed by atoms with Gasteiger partial charge in [0.05, 0.1) is 26.4 Å². The molecule has 102 heavy (non-hydrogen) atoms. The van der Waals surface area contributed by atoms with Gasteiger partial charge in [-0.25, -0.2) is 9.13 Å². The molecule has 0 aliphatic heterocycles. The van der Waals surface area contributed by atoms with Crippen molar-refractivity contribution in [3.63, 3.8) is 0 Å². The van der Waals surface area contributed by atoms with Crippen LogP contribution in [-0.4, -0.2) is 96.7 Å². The monoisotopic (exact) mass is 1470 g/mol. The summed E-state index contributed by atoms with van der Waals surface area (Å²) in [5, 5.41) is 10.6. The second-order valence-electron chi connectivity index (χ2n) is 26.3. The molecule has 0 amide bonds. The number of phosphoric ester groups is 2. The summed E-state index contributed by atoms with van der Waals surface area (Å²) in [6, 6.07) is 0. The highest BCUT2D eigenvalue weighted by molar-refractivity contribution is 7.47. The number of hydrogen-bond donors (Lipinski definition) is 3. The maximum Gasteiger partial charge on any atom is 0.472 e. The summed E-state index contributed by atoms with van der Waals surface area (Å²) in [5.41, 5.74) is 0. The molecule has 0 aliphatic carbocycles. The van der Waals surface area contributed by atoms with Crippen LogP contribution in [0.1, 0.15) is 323 Å². The summed E-state index contributed by atoms with van der Waals surface area (Å²) in [4.78, 5) is 72.9. The molecule has 0 saturated carbocycles. The van der Waals surface area contributed by atoms with E-state index in [-0.39, 0.29) is 25.7 Å². The van der Waals surface area contributed by atoms with Crippen molar-refractivity contribution in [2.45, 2.75) is 341 Å². The largest absolute Gasteiger partial charge is 0.472 e. The lowest BCUT2D eigenvalue weighted by Gasteiger charge is -2.21. The molecule has 17 nitrogen and oxygen atoms in total. The second kappa shape index (κ2) is 74.7. The number of aliphatic hydroxyl groups is 1. The van der Waals surface area contributed by atoms with E-state index in [4.69, 9.17) is 37.0 Å². The molecule has 2 unspecified atom stereocenters. The topological polar surface area (TPSA) is 237 Å². The highest BCUT2D eigenvalue weighted by atomic mass is 31.2. The number of carbonyl (C=O) groups is 4. The van der Waals surface area contributed by atoms with E-state index >= 15 is 0 Å². The minimum Gasteiger partial charge on any atom is -0.462 e. The maximum atomic E-state index is 13.1. The Hall–Kier alpha value is -4.54. The molecular formula is C83H142O17P2. The summed E-state index contributed by atoms with van der Waals surface area (Å²) in [5.74, 6) is -2.29. The van der Waals surface area contributed by atoms with Crippen molar-refractivity contribution in [1.82, 2.24) is 0 Å². The fraction of sp³-hybridized carbons (Fsp3) is 0.711. The molecule has 0 rings (SSSR count). The van der Waals surface area contributed by atoms with Crippen LogP contribution in [0.4, 0.5) is 0 Å². The van der Waals surface area contributed by atoms with Gasteiger partial charge in [-0.05, 0) is 128 Å². The van der Waals surface area contributed by atoms with Gasteiger partial charge in [-0.3, -0.25) is 37.3 Å². The number of rotatable bonds is 74. The third kappa shape index (κ3) is 73.8. The van der Waals surface area contributed by atoms with E-state index in [0.29, 0.717) is 32.1 Å². The Bertz CT molecular complexity index is 2410. The summed E-state index contributed by atoms with van der Waals surface area (Å²) < 4.78 is 68.5. The van der Waals surface area contributed by atoms with Gasteiger partial charge in [-0.2, -0.15) is 0 Å². The van der Waals surface area contributed by atoms with Crippen LogP contribution >= 0.6 is 15.6 Å². The molecule has 0 spiro atoms. The zero-order valence-electron chi connectivity index (χ0n) is 64.0. The third-order valence-electron chi connectivity index (χ3n) is 16.4. The Morgan fingerprint density at radius 1 is 0.284 bits per heavy atom. The molecule has 586 valence electrons. The van der Waals surface area contributed by atoms with E-state index in [0.717, 1.165) is 148 Å². The van der Waals surface area contributed by atoms with E-state index in [9.17, 15) is 43.2 Å². The molecule has 0 aromatic heterocycles. The maximum absolute atomic E-state index is 13.1. The molecule has 5 atom stereocenters. The second-order valence-corrected chi connectivity index (χ2v) is 29.2. The molecule has 0 radical (unpaired) electrons. The van der Waals surface area contributed by atoms with Gasteiger partial charge in [-0.15, -0.1) is 0 Å². The van der Waals surface area contributed by atoms with Crippen LogP contribution in [0, 0.1) is 0 Å². The Kier molecular flexibility index (Phi) is 71.4. The molecule has 0 saturated heterocycles. The number of hydrogen-bond acceptors (Lipinski definition) is 15. The molecule has 0 heterocycles. The number of allylic oxidation sites excluding steroid dienone is 20. The van der Waals surface area contributed by atoms with Crippen LogP contribution in [0.3, 0.4) is 0 Å². The fourth-order valence-electron chi connectivity index (χ4n) is 10.4.